The van der Waals surface area contributed by atoms with E-state index in [2.05, 4.69) is 0 Å². The van der Waals surface area contributed by atoms with Gasteiger partial charge in [0.25, 0.3) is 10.1 Å². The molecule has 1 fully saturated rings. The van der Waals surface area contributed by atoms with Gasteiger partial charge >= 0.3 is 6.09 Å². The summed E-state index contributed by atoms with van der Waals surface area (Å²) in [6, 6.07) is -0.136. The van der Waals surface area contributed by atoms with E-state index in [1.54, 1.807) is 4.90 Å². The molecular formula is C15H29NO5S. The second-order valence-electron chi connectivity index (χ2n) is 8.00. The van der Waals surface area contributed by atoms with E-state index in [1.807, 2.05) is 41.5 Å². The van der Waals surface area contributed by atoms with Crippen molar-refractivity contribution in [2.75, 3.05) is 12.8 Å². The Morgan fingerprint density at radius 1 is 1.14 bits per heavy atom. The highest BCUT2D eigenvalue weighted by molar-refractivity contribution is 7.86. The lowest BCUT2D eigenvalue weighted by Gasteiger charge is -2.45. The number of amides is 1. The van der Waals surface area contributed by atoms with Crippen LogP contribution in [0.15, 0.2) is 0 Å². The van der Waals surface area contributed by atoms with Crippen molar-refractivity contribution >= 4 is 16.2 Å². The van der Waals surface area contributed by atoms with Crippen LogP contribution in [0.1, 0.15) is 54.4 Å². The number of ether oxygens (including phenoxy) is 1. The molecule has 1 heterocycles. The lowest BCUT2D eigenvalue weighted by Crippen LogP contribution is -2.54. The van der Waals surface area contributed by atoms with Crippen LogP contribution in [0.2, 0.25) is 0 Å². The molecule has 0 aromatic heterocycles. The molecule has 1 rings (SSSR count). The molecule has 6 nitrogen and oxygen atoms in total. The number of hydrogen-bond donors (Lipinski definition) is 0. The van der Waals surface area contributed by atoms with E-state index >= 15 is 0 Å². The fourth-order valence-corrected chi connectivity index (χ4v) is 3.30. The van der Waals surface area contributed by atoms with Gasteiger partial charge in [0, 0.05) is 12.6 Å². The monoisotopic (exact) mass is 335 g/mol. The topological polar surface area (TPSA) is 72.9 Å². The summed E-state index contributed by atoms with van der Waals surface area (Å²) < 4.78 is 33.3. The van der Waals surface area contributed by atoms with E-state index in [-0.39, 0.29) is 17.6 Å². The first-order chi connectivity index (χ1) is 9.69. The first kappa shape index (κ1) is 19.2. The molecule has 0 saturated carbocycles. The zero-order chi connectivity index (χ0) is 17.3. The summed E-state index contributed by atoms with van der Waals surface area (Å²) in [5, 5.41) is 0. The molecule has 2 atom stereocenters. The molecule has 1 saturated heterocycles. The van der Waals surface area contributed by atoms with Gasteiger partial charge in [-0.25, -0.2) is 4.79 Å². The van der Waals surface area contributed by atoms with Gasteiger partial charge in [0.05, 0.1) is 12.4 Å². The minimum absolute atomic E-state index is 0.136. The van der Waals surface area contributed by atoms with Gasteiger partial charge in [0.2, 0.25) is 0 Å². The molecule has 130 valence electrons. The van der Waals surface area contributed by atoms with Crippen LogP contribution in [0, 0.1) is 5.41 Å². The Kier molecular flexibility index (Phi) is 5.55. The van der Waals surface area contributed by atoms with Gasteiger partial charge in [-0.05, 0) is 39.0 Å². The lowest BCUT2D eigenvalue weighted by molar-refractivity contribution is -0.0251. The van der Waals surface area contributed by atoms with E-state index in [0.717, 1.165) is 6.26 Å². The number of likely N-dealkylation sites (tertiary alicyclic amines) is 1. The minimum Gasteiger partial charge on any atom is -0.444 e. The highest BCUT2D eigenvalue weighted by Gasteiger charge is 2.41. The SMILES string of the molecule is CC(C)(C)OC(=O)N1CCC(OS(C)(=O)=O)CC1C(C)(C)C. The number of carbonyl (C=O) groups excluding carboxylic acids is 1. The fraction of sp³-hybridized carbons (Fsp3) is 0.933. The summed E-state index contributed by atoms with van der Waals surface area (Å²) in [4.78, 5) is 14.1. The Morgan fingerprint density at radius 2 is 1.68 bits per heavy atom. The van der Waals surface area contributed by atoms with Crippen molar-refractivity contribution in [3.8, 4) is 0 Å². The van der Waals surface area contributed by atoms with Crippen molar-refractivity contribution < 1.29 is 22.1 Å². The third kappa shape index (κ3) is 6.12. The maximum Gasteiger partial charge on any atom is 0.410 e. The van der Waals surface area contributed by atoms with Gasteiger partial charge in [-0.1, -0.05) is 20.8 Å². The minimum atomic E-state index is -3.49. The molecule has 0 aliphatic carbocycles. The van der Waals surface area contributed by atoms with Gasteiger partial charge < -0.3 is 9.64 Å². The average Bonchev–Trinajstić information content (AvgIpc) is 2.22. The number of piperidine rings is 1. The molecule has 0 radical (unpaired) electrons. The van der Waals surface area contributed by atoms with Gasteiger partial charge in [0.15, 0.2) is 0 Å². The van der Waals surface area contributed by atoms with Gasteiger partial charge in [-0.2, -0.15) is 8.42 Å². The highest BCUT2D eigenvalue weighted by Crippen LogP contribution is 2.34. The zero-order valence-electron chi connectivity index (χ0n) is 14.7. The maximum atomic E-state index is 12.4. The Bertz CT molecular complexity index is 501. The van der Waals surface area contributed by atoms with E-state index < -0.39 is 21.8 Å². The molecule has 0 aromatic rings. The van der Waals surface area contributed by atoms with Crippen LogP contribution in [-0.4, -0.2) is 50.0 Å². The zero-order valence-corrected chi connectivity index (χ0v) is 15.5. The first-order valence-electron chi connectivity index (χ1n) is 7.57. The molecule has 1 aliphatic heterocycles. The summed E-state index contributed by atoms with van der Waals surface area (Å²) in [6.45, 7) is 12.0. The molecule has 0 spiro atoms. The Morgan fingerprint density at radius 3 is 2.09 bits per heavy atom. The average molecular weight is 335 g/mol. The highest BCUT2D eigenvalue weighted by atomic mass is 32.2. The second kappa shape index (κ2) is 6.35. The largest absolute Gasteiger partial charge is 0.444 e. The summed E-state index contributed by atoms with van der Waals surface area (Å²) in [7, 11) is -3.49. The molecule has 0 aromatic carbocycles. The van der Waals surface area contributed by atoms with Crippen molar-refractivity contribution in [1.82, 2.24) is 4.90 Å². The van der Waals surface area contributed by atoms with Crippen molar-refractivity contribution in [3.63, 3.8) is 0 Å². The third-order valence-electron chi connectivity index (χ3n) is 3.49. The molecule has 22 heavy (non-hydrogen) atoms. The maximum absolute atomic E-state index is 12.4. The van der Waals surface area contributed by atoms with Crippen molar-refractivity contribution in [1.29, 1.82) is 0 Å². The molecule has 1 amide bonds. The smallest absolute Gasteiger partial charge is 0.410 e. The van der Waals surface area contributed by atoms with Crippen LogP contribution < -0.4 is 0 Å². The number of nitrogens with zero attached hydrogens (tertiary/aromatic N) is 1. The Balaban J connectivity index is 2.89. The third-order valence-corrected chi connectivity index (χ3v) is 4.11. The fourth-order valence-electron chi connectivity index (χ4n) is 2.63. The summed E-state index contributed by atoms with van der Waals surface area (Å²) in [5.41, 5.74) is -0.754. The molecule has 0 bridgehead atoms. The van der Waals surface area contributed by atoms with Gasteiger partial charge in [-0.15, -0.1) is 0 Å². The standard InChI is InChI=1S/C15H29NO5S/c1-14(2,3)12-10-11(21-22(7,18)19)8-9-16(12)13(17)20-15(4,5)6/h11-12H,8-10H2,1-7H3. The van der Waals surface area contributed by atoms with Crippen LogP contribution >= 0.6 is 0 Å². The van der Waals surface area contributed by atoms with Gasteiger partial charge in [-0.3, -0.25) is 4.18 Å². The van der Waals surface area contributed by atoms with E-state index in [0.29, 0.717) is 19.4 Å². The van der Waals surface area contributed by atoms with Crippen molar-refractivity contribution in [3.05, 3.63) is 0 Å². The van der Waals surface area contributed by atoms with Crippen LogP contribution in [0.3, 0.4) is 0 Å². The van der Waals surface area contributed by atoms with Crippen LogP contribution in [0.4, 0.5) is 4.79 Å². The van der Waals surface area contributed by atoms with Gasteiger partial charge in [0.1, 0.15) is 5.60 Å². The second-order valence-corrected chi connectivity index (χ2v) is 9.60. The van der Waals surface area contributed by atoms with Crippen molar-refractivity contribution in [2.24, 2.45) is 5.41 Å². The molecular weight excluding hydrogens is 306 g/mol. The van der Waals surface area contributed by atoms with E-state index in [4.69, 9.17) is 8.92 Å². The first-order valence-corrected chi connectivity index (χ1v) is 9.38. The molecule has 7 heteroatoms. The lowest BCUT2D eigenvalue weighted by atomic mass is 9.80. The summed E-state index contributed by atoms with van der Waals surface area (Å²) in [6.07, 6.45) is 1.27. The summed E-state index contributed by atoms with van der Waals surface area (Å²) >= 11 is 0. The Hall–Kier alpha value is -0.820. The van der Waals surface area contributed by atoms with Crippen molar-refractivity contribution in [2.45, 2.75) is 72.1 Å². The van der Waals surface area contributed by atoms with Crippen LogP contribution in [0.25, 0.3) is 0 Å². The number of rotatable bonds is 2. The number of carbonyl (C=O) groups is 1. The summed E-state index contributed by atoms with van der Waals surface area (Å²) in [5.74, 6) is 0. The van der Waals surface area contributed by atoms with E-state index in [1.165, 1.54) is 0 Å². The predicted octanol–water partition coefficient (Wildman–Crippen LogP) is 2.78. The van der Waals surface area contributed by atoms with E-state index in [9.17, 15) is 13.2 Å². The molecule has 0 N–H and O–H groups in total. The molecule has 2 unspecified atom stereocenters. The van der Waals surface area contributed by atoms with Crippen LogP contribution in [-0.2, 0) is 19.0 Å². The quantitative estimate of drug-likeness (QED) is 0.726. The predicted molar refractivity (Wildman–Crippen MR) is 85.1 cm³/mol. The number of hydrogen-bond acceptors (Lipinski definition) is 5. The molecule has 1 aliphatic rings. The van der Waals surface area contributed by atoms with Crippen LogP contribution in [0.5, 0.6) is 0 Å². The normalized spacial score (nSPS) is 24.2. The Labute approximate surface area is 134 Å².